The smallest absolute Gasteiger partial charge is 0.317 e. The van der Waals surface area contributed by atoms with Gasteiger partial charge in [0.2, 0.25) is 5.89 Å². The number of urea groups is 1. The maximum absolute atomic E-state index is 12.5. The van der Waals surface area contributed by atoms with Gasteiger partial charge in [-0.3, -0.25) is 4.90 Å². The second-order valence-electron chi connectivity index (χ2n) is 7.40. The molecule has 0 spiro atoms. The summed E-state index contributed by atoms with van der Waals surface area (Å²) in [6.07, 6.45) is 4.53. The Balaban J connectivity index is 1.26. The molecule has 0 saturated carbocycles. The topological polar surface area (TPSA) is 83.7 Å². The summed E-state index contributed by atoms with van der Waals surface area (Å²) in [5.41, 5.74) is 0. The fourth-order valence-corrected chi connectivity index (χ4v) is 4.16. The lowest BCUT2D eigenvalue weighted by atomic mass is 9.98. The van der Waals surface area contributed by atoms with Crippen LogP contribution in [0.5, 0.6) is 0 Å². The molecule has 3 saturated heterocycles. The van der Waals surface area contributed by atoms with Crippen LogP contribution >= 0.6 is 0 Å². The Bertz CT molecular complexity index is 607. The van der Waals surface area contributed by atoms with Gasteiger partial charge >= 0.3 is 6.03 Å². The minimum Gasteiger partial charge on any atom is -0.373 e. The van der Waals surface area contributed by atoms with E-state index in [2.05, 4.69) is 20.4 Å². The number of hydrogen-bond acceptors (Lipinski definition) is 6. The summed E-state index contributed by atoms with van der Waals surface area (Å²) < 4.78 is 11.2. The van der Waals surface area contributed by atoms with E-state index in [4.69, 9.17) is 9.26 Å². The Kier molecular flexibility index (Phi) is 4.89. The van der Waals surface area contributed by atoms with Crippen molar-refractivity contribution in [2.45, 2.75) is 50.7 Å². The van der Waals surface area contributed by atoms with Gasteiger partial charge in [0.05, 0.1) is 18.6 Å². The monoisotopic (exact) mass is 349 g/mol. The average Bonchev–Trinajstić information content (AvgIpc) is 3.28. The standard InChI is InChI=1S/C17H27N5O3/c1-12-19-16(25-20-12)13-4-2-7-22(9-13)17(23)18-8-15-10-21-6-3-5-14(21)11-24-15/h13-15H,2-11H2,1H3,(H,18,23)/t13-,14+,15-/m1/s1. The van der Waals surface area contributed by atoms with Gasteiger partial charge in [-0.2, -0.15) is 4.98 Å². The maximum atomic E-state index is 12.5. The lowest BCUT2D eigenvalue weighted by Crippen LogP contribution is -2.52. The Morgan fingerprint density at radius 3 is 3.00 bits per heavy atom. The number of carbonyl (C=O) groups is 1. The first-order chi connectivity index (χ1) is 12.2. The van der Waals surface area contributed by atoms with Crippen LogP contribution in [0, 0.1) is 6.92 Å². The van der Waals surface area contributed by atoms with Crippen LogP contribution in [0.2, 0.25) is 0 Å². The molecule has 3 fully saturated rings. The molecule has 3 aliphatic heterocycles. The third-order valence-electron chi connectivity index (χ3n) is 5.54. The molecule has 8 nitrogen and oxygen atoms in total. The lowest BCUT2D eigenvalue weighted by Gasteiger charge is -2.36. The Morgan fingerprint density at radius 1 is 1.28 bits per heavy atom. The first-order valence-electron chi connectivity index (χ1n) is 9.37. The van der Waals surface area contributed by atoms with Crippen molar-refractivity contribution in [2.24, 2.45) is 0 Å². The van der Waals surface area contributed by atoms with E-state index in [0.717, 1.165) is 39.1 Å². The molecular weight excluding hydrogens is 322 g/mol. The number of nitrogens with zero attached hydrogens (tertiary/aromatic N) is 4. The van der Waals surface area contributed by atoms with Gasteiger partial charge in [0, 0.05) is 32.2 Å². The van der Waals surface area contributed by atoms with Gasteiger partial charge in [-0.25, -0.2) is 4.79 Å². The second-order valence-corrected chi connectivity index (χ2v) is 7.40. The van der Waals surface area contributed by atoms with Crippen LogP contribution in [0.15, 0.2) is 4.52 Å². The zero-order chi connectivity index (χ0) is 17.2. The summed E-state index contributed by atoms with van der Waals surface area (Å²) >= 11 is 0. The van der Waals surface area contributed by atoms with Gasteiger partial charge in [0.15, 0.2) is 5.82 Å². The molecule has 138 valence electrons. The first kappa shape index (κ1) is 16.8. The van der Waals surface area contributed by atoms with Gasteiger partial charge in [-0.05, 0) is 39.2 Å². The molecule has 0 aliphatic carbocycles. The van der Waals surface area contributed by atoms with Crippen molar-refractivity contribution >= 4 is 6.03 Å². The number of amides is 2. The predicted molar refractivity (Wildman–Crippen MR) is 90.3 cm³/mol. The SMILES string of the molecule is Cc1noc([C@@H]2CCCN(C(=O)NC[C@@H]3CN4CCC[C@H]4CO3)C2)n1. The molecule has 2 amide bonds. The number of aryl methyl sites for hydroxylation is 1. The molecule has 4 heterocycles. The van der Waals surface area contributed by atoms with Gasteiger partial charge in [0.25, 0.3) is 0 Å². The van der Waals surface area contributed by atoms with Gasteiger partial charge < -0.3 is 19.5 Å². The van der Waals surface area contributed by atoms with Crippen molar-refractivity contribution in [2.75, 3.05) is 39.3 Å². The van der Waals surface area contributed by atoms with E-state index in [1.807, 2.05) is 11.8 Å². The molecular formula is C17H27N5O3. The largest absolute Gasteiger partial charge is 0.373 e. The number of nitrogens with one attached hydrogen (secondary N) is 1. The second kappa shape index (κ2) is 7.29. The molecule has 4 rings (SSSR count). The fourth-order valence-electron chi connectivity index (χ4n) is 4.16. The van der Waals surface area contributed by atoms with E-state index < -0.39 is 0 Å². The molecule has 8 heteroatoms. The summed E-state index contributed by atoms with van der Waals surface area (Å²) in [5, 5.41) is 6.91. The number of piperidine rings is 1. The molecule has 1 aromatic rings. The highest BCUT2D eigenvalue weighted by molar-refractivity contribution is 5.74. The first-order valence-corrected chi connectivity index (χ1v) is 9.37. The summed E-state index contributed by atoms with van der Waals surface area (Å²) in [4.78, 5) is 21.2. The maximum Gasteiger partial charge on any atom is 0.317 e. The highest BCUT2D eigenvalue weighted by Gasteiger charge is 2.33. The molecule has 25 heavy (non-hydrogen) atoms. The number of likely N-dealkylation sites (tertiary alicyclic amines) is 1. The quantitative estimate of drug-likeness (QED) is 0.881. The highest BCUT2D eigenvalue weighted by atomic mass is 16.5. The minimum absolute atomic E-state index is 0.0203. The lowest BCUT2D eigenvalue weighted by molar-refractivity contribution is -0.0461. The number of aromatic nitrogens is 2. The van der Waals surface area contributed by atoms with E-state index in [1.165, 1.54) is 12.8 Å². The van der Waals surface area contributed by atoms with Crippen LogP contribution in [0.3, 0.4) is 0 Å². The number of carbonyl (C=O) groups excluding carboxylic acids is 1. The van der Waals surface area contributed by atoms with Crippen LogP contribution in [0.25, 0.3) is 0 Å². The van der Waals surface area contributed by atoms with Gasteiger partial charge in [-0.15, -0.1) is 0 Å². The van der Waals surface area contributed by atoms with Crippen molar-refractivity contribution in [1.82, 2.24) is 25.3 Å². The predicted octanol–water partition coefficient (Wildman–Crippen LogP) is 1.13. The van der Waals surface area contributed by atoms with Crippen molar-refractivity contribution in [3.8, 4) is 0 Å². The molecule has 3 aliphatic rings. The molecule has 0 radical (unpaired) electrons. The van der Waals surface area contributed by atoms with E-state index >= 15 is 0 Å². The van der Waals surface area contributed by atoms with Crippen LogP contribution in [0.1, 0.15) is 43.3 Å². The number of rotatable bonds is 3. The molecule has 0 bridgehead atoms. The third-order valence-corrected chi connectivity index (χ3v) is 5.54. The van der Waals surface area contributed by atoms with Crippen LogP contribution in [0.4, 0.5) is 4.79 Å². The summed E-state index contributed by atoms with van der Waals surface area (Å²) in [5.74, 6) is 1.42. The van der Waals surface area contributed by atoms with Crippen molar-refractivity contribution < 1.29 is 14.1 Å². The van der Waals surface area contributed by atoms with E-state index in [9.17, 15) is 4.79 Å². The van der Waals surface area contributed by atoms with Crippen LogP contribution in [-0.4, -0.2) is 77.4 Å². The average molecular weight is 349 g/mol. The van der Waals surface area contributed by atoms with E-state index in [1.54, 1.807) is 0 Å². The molecule has 3 atom stereocenters. The van der Waals surface area contributed by atoms with Crippen molar-refractivity contribution in [1.29, 1.82) is 0 Å². The van der Waals surface area contributed by atoms with Gasteiger partial charge in [-0.1, -0.05) is 5.16 Å². The number of hydrogen-bond donors (Lipinski definition) is 1. The Morgan fingerprint density at radius 2 is 2.16 bits per heavy atom. The number of fused-ring (bicyclic) bond motifs is 1. The van der Waals surface area contributed by atoms with Crippen LogP contribution < -0.4 is 5.32 Å². The number of ether oxygens (including phenoxy) is 1. The van der Waals surface area contributed by atoms with E-state index in [0.29, 0.717) is 30.8 Å². The van der Waals surface area contributed by atoms with Gasteiger partial charge in [0.1, 0.15) is 0 Å². The van der Waals surface area contributed by atoms with E-state index in [-0.39, 0.29) is 18.1 Å². The minimum atomic E-state index is -0.0203. The van der Waals surface area contributed by atoms with Crippen LogP contribution in [-0.2, 0) is 4.74 Å². The number of morpholine rings is 1. The summed E-state index contributed by atoms with van der Waals surface area (Å²) in [6.45, 7) is 6.67. The third kappa shape index (κ3) is 3.79. The van der Waals surface area contributed by atoms with Crippen molar-refractivity contribution in [3.05, 3.63) is 11.7 Å². The Labute approximate surface area is 147 Å². The molecule has 1 N–H and O–H groups in total. The molecule has 1 aromatic heterocycles. The highest BCUT2D eigenvalue weighted by Crippen LogP contribution is 2.26. The normalized spacial score (nSPS) is 30.3. The van der Waals surface area contributed by atoms with Crippen molar-refractivity contribution in [3.63, 3.8) is 0 Å². The summed E-state index contributed by atoms with van der Waals surface area (Å²) in [6, 6.07) is 0.570. The molecule has 0 aromatic carbocycles. The molecule has 0 unspecified atom stereocenters. The fraction of sp³-hybridized carbons (Fsp3) is 0.824. The zero-order valence-corrected chi connectivity index (χ0v) is 14.8. The summed E-state index contributed by atoms with van der Waals surface area (Å²) in [7, 11) is 0. The zero-order valence-electron chi connectivity index (χ0n) is 14.8. The Hall–Kier alpha value is -1.67.